The second-order valence-corrected chi connectivity index (χ2v) is 14.3. The number of fused-ring (bicyclic) bond motifs is 4. The third-order valence-electron chi connectivity index (χ3n) is 10.6. The van der Waals surface area contributed by atoms with Crippen molar-refractivity contribution in [3.05, 3.63) is 216 Å². The standard InChI is InChI=1S/C51H40N2/c1-51(2)49-34-38(23-22-37-24-28-44(29-25-37)52(41-16-6-3-7-17-41)42-18-8-4-9-19-42)26-32-47(49)48-33-31-46(36-50(48)51)53(43-20-10-5-11-21-43)45-30-27-39-14-12-13-15-40(39)35-45/h3-36H,1-2H3. The van der Waals surface area contributed by atoms with E-state index in [1.165, 1.54) is 38.6 Å². The molecular weight excluding hydrogens is 641 g/mol. The molecule has 0 saturated heterocycles. The van der Waals surface area contributed by atoms with E-state index < -0.39 is 0 Å². The van der Waals surface area contributed by atoms with E-state index in [9.17, 15) is 0 Å². The lowest BCUT2D eigenvalue weighted by molar-refractivity contribution is 0.660. The van der Waals surface area contributed by atoms with Crippen LogP contribution in [0.1, 0.15) is 36.1 Å². The van der Waals surface area contributed by atoms with Crippen molar-refractivity contribution in [2.75, 3.05) is 9.80 Å². The SMILES string of the molecule is CC1(C)c2cc(C=Cc3ccc(N(c4ccccc4)c4ccccc4)cc3)ccc2-c2ccc(N(c3ccccc3)c3ccc4ccccc4c3)cc21. The summed E-state index contributed by atoms with van der Waals surface area (Å²) in [6.45, 7) is 4.73. The minimum absolute atomic E-state index is 0.156. The van der Waals surface area contributed by atoms with Gasteiger partial charge in [0.05, 0.1) is 0 Å². The molecule has 0 aromatic heterocycles. The number of hydrogen-bond donors (Lipinski definition) is 0. The predicted octanol–water partition coefficient (Wildman–Crippen LogP) is 14.3. The molecule has 9 rings (SSSR count). The molecule has 8 aromatic rings. The van der Waals surface area contributed by atoms with Crippen molar-refractivity contribution in [3.63, 3.8) is 0 Å². The molecule has 0 saturated carbocycles. The summed E-state index contributed by atoms with van der Waals surface area (Å²) in [5.74, 6) is 0. The molecule has 0 bridgehead atoms. The molecule has 0 fully saturated rings. The van der Waals surface area contributed by atoms with Crippen molar-refractivity contribution in [1.82, 2.24) is 0 Å². The summed E-state index contributed by atoms with van der Waals surface area (Å²) < 4.78 is 0. The second-order valence-electron chi connectivity index (χ2n) is 14.3. The van der Waals surface area contributed by atoms with Gasteiger partial charge >= 0.3 is 0 Å². The van der Waals surface area contributed by atoms with Crippen LogP contribution < -0.4 is 9.80 Å². The molecule has 0 unspecified atom stereocenters. The van der Waals surface area contributed by atoms with Crippen molar-refractivity contribution in [2.45, 2.75) is 19.3 Å². The Labute approximate surface area is 312 Å². The second kappa shape index (κ2) is 13.5. The largest absolute Gasteiger partial charge is 0.311 e. The predicted molar refractivity (Wildman–Crippen MR) is 226 cm³/mol. The Balaban J connectivity index is 1.01. The number of hydrogen-bond acceptors (Lipinski definition) is 2. The lowest BCUT2D eigenvalue weighted by atomic mass is 9.81. The van der Waals surface area contributed by atoms with Crippen molar-refractivity contribution in [3.8, 4) is 11.1 Å². The van der Waals surface area contributed by atoms with Crippen LogP contribution in [-0.4, -0.2) is 0 Å². The Kier molecular flexibility index (Phi) is 8.21. The summed E-state index contributed by atoms with van der Waals surface area (Å²) in [6.07, 6.45) is 4.46. The highest BCUT2D eigenvalue weighted by Gasteiger charge is 2.36. The van der Waals surface area contributed by atoms with E-state index in [1.54, 1.807) is 0 Å². The third kappa shape index (κ3) is 6.09. The summed E-state index contributed by atoms with van der Waals surface area (Å²) in [5.41, 5.74) is 14.4. The molecule has 2 nitrogen and oxygen atoms in total. The van der Waals surface area contributed by atoms with Gasteiger partial charge in [-0.25, -0.2) is 0 Å². The molecule has 254 valence electrons. The Morgan fingerprint density at radius 1 is 0.340 bits per heavy atom. The lowest BCUT2D eigenvalue weighted by Gasteiger charge is -2.28. The zero-order valence-corrected chi connectivity index (χ0v) is 30.0. The molecule has 0 amide bonds. The van der Waals surface area contributed by atoms with Gasteiger partial charge in [0.1, 0.15) is 0 Å². The van der Waals surface area contributed by atoms with Crippen LogP contribution in [0.2, 0.25) is 0 Å². The summed E-state index contributed by atoms with van der Waals surface area (Å²) in [4.78, 5) is 4.67. The van der Waals surface area contributed by atoms with Crippen LogP contribution in [-0.2, 0) is 5.41 Å². The molecule has 0 radical (unpaired) electrons. The van der Waals surface area contributed by atoms with E-state index in [2.05, 4.69) is 230 Å². The fourth-order valence-corrected chi connectivity index (χ4v) is 7.85. The normalized spacial score (nSPS) is 12.8. The van der Waals surface area contributed by atoms with Gasteiger partial charge in [-0.15, -0.1) is 0 Å². The van der Waals surface area contributed by atoms with Crippen LogP contribution in [0.5, 0.6) is 0 Å². The summed E-state index contributed by atoms with van der Waals surface area (Å²) in [6, 6.07) is 69.8. The van der Waals surface area contributed by atoms with Gasteiger partial charge in [-0.2, -0.15) is 0 Å². The maximum absolute atomic E-state index is 2.41. The van der Waals surface area contributed by atoms with E-state index in [1.807, 2.05) is 0 Å². The van der Waals surface area contributed by atoms with Crippen LogP contribution in [0.4, 0.5) is 34.1 Å². The van der Waals surface area contributed by atoms with Gasteiger partial charge in [-0.05, 0) is 117 Å². The molecule has 0 spiro atoms. The van der Waals surface area contributed by atoms with Crippen LogP contribution in [0.3, 0.4) is 0 Å². The first kappa shape index (κ1) is 32.3. The molecule has 1 aliphatic carbocycles. The molecule has 0 atom stereocenters. The smallest absolute Gasteiger partial charge is 0.0468 e. The van der Waals surface area contributed by atoms with Crippen LogP contribution in [0.15, 0.2) is 194 Å². The molecule has 53 heavy (non-hydrogen) atoms. The van der Waals surface area contributed by atoms with E-state index in [0.717, 1.165) is 39.7 Å². The van der Waals surface area contributed by atoms with E-state index in [4.69, 9.17) is 0 Å². The molecule has 0 heterocycles. The van der Waals surface area contributed by atoms with Gasteiger partial charge in [0.2, 0.25) is 0 Å². The molecule has 1 aliphatic rings. The van der Waals surface area contributed by atoms with Crippen LogP contribution in [0.25, 0.3) is 34.1 Å². The molecule has 2 heteroatoms. The van der Waals surface area contributed by atoms with Gasteiger partial charge in [-0.1, -0.05) is 147 Å². The van der Waals surface area contributed by atoms with Gasteiger partial charge < -0.3 is 9.80 Å². The Bertz CT molecular complexity index is 2530. The van der Waals surface area contributed by atoms with E-state index in [-0.39, 0.29) is 5.41 Å². The first-order valence-corrected chi connectivity index (χ1v) is 18.3. The highest BCUT2D eigenvalue weighted by molar-refractivity contribution is 5.91. The minimum Gasteiger partial charge on any atom is -0.311 e. The Morgan fingerprint density at radius 2 is 0.755 bits per heavy atom. The average Bonchev–Trinajstić information content (AvgIpc) is 3.44. The number of benzene rings is 8. The number of nitrogens with zero attached hydrogens (tertiary/aromatic N) is 2. The van der Waals surface area contributed by atoms with Crippen molar-refractivity contribution >= 4 is 57.0 Å². The topological polar surface area (TPSA) is 6.48 Å². The summed E-state index contributed by atoms with van der Waals surface area (Å²) in [5, 5.41) is 2.48. The van der Waals surface area contributed by atoms with Gasteiger partial charge in [0.25, 0.3) is 0 Å². The molecule has 0 N–H and O–H groups in total. The van der Waals surface area contributed by atoms with Gasteiger partial charge in [0, 0.05) is 39.5 Å². The number of anilines is 6. The van der Waals surface area contributed by atoms with E-state index >= 15 is 0 Å². The van der Waals surface area contributed by atoms with E-state index in [0.29, 0.717) is 0 Å². The maximum atomic E-state index is 2.41. The van der Waals surface area contributed by atoms with Crippen LogP contribution in [0, 0.1) is 0 Å². The summed E-state index contributed by atoms with van der Waals surface area (Å²) in [7, 11) is 0. The highest BCUT2D eigenvalue weighted by atomic mass is 15.1. The Hall–Kier alpha value is -6.64. The minimum atomic E-state index is -0.156. The van der Waals surface area contributed by atoms with Crippen molar-refractivity contribution in [2.24, 2.45) is 0 Å². The maximum Gasteiger partial charge on any atom is 0.0468 e. The van der Waals surface area contributed by atoms with Crippen LogP contribution >= 0.6 is 0 Å². The first-order chi connectivity index (χ1) is 26.0. The fourth-order valence-electron chi connectivity index (χ4n) is 7.85. The third-order valence-corrected chi connectivity index (χ3v) is 10.6. The average molecular weight is 681 g/mol. The lowest BCUT2D eigenvalue weighted by Crippen LogP contribution is -2.16. The van der Waals surface area contributed by atoms with Crippen molar-refractivity contribution < 1.29 is 0 Å². The molecule has 8 aromatic carbocycles. The zero-order chi connectivity index (χ0) is 35.8. The number of rotatable bonds is 8. The van der Waals surface area contributed by atoms with Gasteiger partial charge in [-0.3, -0.25) is 0 Å². The fraction of sp³-hybridized carbons (Fsp3) is 0.0588. The van der Waals surface area contributed by atoms with Gasteiger partial charge in [0.15, 0.2) is 0 Å². The zero-order valence-electron chi connectivity index (χ0n) is 30.0. The van der Waals surface area contributed by atoms with Crippen molar-refractivity contribution in [1.29, 1.82) is 0 Å². The molecular formula is C51H40N2. The molecule has 0 aliphatic heterocycles. The first-order valence-electron chi connectivity index (χ1n) is 18.3. The Morgan fingerprint density at radius 3 is 1.38 bits per heavy atom. The number of para-hydroxylation sites is 3. The summed E-state index contributed by atoms with van der Waals surface area (Å²) >= 11 is 0. The quantitative estimate of drug-likeness (QED) is 0.147. The highest BCUT2D eigenvalue weighted by Crippen LogP contribution is 2.51. The monoisotopic (exact) mass is 680 g/mol.